The Morgan fingerprint density at radius 1 is 1.20 bits per heavy atom. The van der Waals surface area contributed by atoms with Crippen molar-refractivity contribution in [1.82, 2.24) is 5.32 Å². The zero-order chi connectivity index (χ0) is 15.3. The predicted molar refractivity (Wildman–Crippen MR) is 93.5 cm³/mol. The summed E-state index contributed by atoms with van der Waals surface area (Å²) in [6.07, 6.45) is 2.35. The van der Waals surface area contributed by atoms with Crippen LogP contribution in [0.5, 0.6) is 0 Å². The Morgan fingerprint density at radius 2 is 1.80 bits per heavy atom. The van der Waals surface area contributed by atoms with Gasteiger partial charge in [0.05, 0.1) is 0 Å². The molecule has 0 amide bonds. The summed E-state index contributed by atoms with van der Waals surface area (Å²) in [6, 6.07) is 7.19. The fraction of sp³-hybridized carbons (Fsp3) is 0.647. The molecule has 1 aromatic rings. The van der Waals surface area contributed by atoms with E-state index in [2.05, 4.69) is 86.0 Å². The highest BCUT2D eigenvalue weighted by molar-refractivity contribution is 9.10. The van der Waals surface area contributed by atoms with Crippen LogP contribution in [0.25, 0.3) is 0 Å². The van der Waals surface area contributed by atoms with Gasteiger partial charge < -0.3 is 10.2 Å². The van der Waals surface area contributed by atoms with Gasteiger partial charge in [0, 0.05) is 35.3 Å². The van der Waals surface area contributed by atoms with E-state index in [1.165, 1.54) is 24.1 Å². The Morgan fingerprint density at radius 3 is 2.30 bits per heavy atom. The van der Waals surface area contributed by atoms with Gasteiger partial charge in [-0.3, -0.25) is 0 Å². The summed E-state index contributed by atoms with van der Waals surface area (Å²) in [5.41, 5.74) is 2.81. The van der Waals surface area contributed by atoms with Crippen LogP contribution in [0.15, 0.2) is 22.7 Å². The van der Waals surface area contributed by atoms with Gasteiger partial charge in [0.1, 0.15) is 0 Å². The smallest absolute Gasteiger partial charge is 0.0412 e. The van der Waals surface area contributed by atoms with Crippen LogP contribution < -0.4 is 10.2 Å². The molecule has 1 aromatic carbocycles. The number of benzene rings is 1. The van der Waals surface area contributed by atoms with Crippen molar-refractivity contribution in [2.45, 2.75) is 65.6 Å². The van der Waals surface area contributed by atoms with Crippen molar-refractivity contribution in [3.05, 3.63) is 28.2 Å². The summed E-state index contributed by atoms with van der Waals surface area (Å²) in [6.45, 7) is 12.0. The monoisotopic (exact) mass is 340 g/mol. The third-order valence-corrected chi connectivity index (χ3v) is 4.21. The average Bonchev–Trinajstić information content (AvgIpc) is 2.37. The third-order valence-electron chi connectivity index (χ3n) is 3.72. The van der Waals surface area contributed by atoms with Gasteiger partial charge in [0.2, 0.25) is 0 Å². The molecule has 20 heavy (non-hydrogen) atoms. The van der Waals surface area contributed by atoms with E-state index in [0.717, 1.165) is 11.0 Å². The fourth-order valence-electron chi connectivity index (χ4n) is 2.43. The van der Waals surface area contributed by atoms with Crippen molar-refractivity contribution in [3.63, 3.8) is 0 Å². The molecule has 0 atom stereocenters. The molecule has 0 saturated heterocycles. The van der Waals surface area contributed by atoms with Gasteiger partial charge in [0.15, 0.2) is 0 Å². The van der Waals surface area contributed by atoms with E-state index < -0.39 is 0 Å². The minimum absolute atomic E-state index is 0.132. The maximum atomic E-state index is 3.59. The van der Waals surface area contributed by atoms with Crippen LogP contribution in [0.1, 0.15) is 53.0 Å². The molecule has 0 aliphatic heterocycles. The molecule has 3 heteroatoms. The average molecular weight is 341 g/mol. The molecule has 0 unspecified atom stereocenters. The highest BCUT2D eigenvalue weighted by Gasteiger charge is 2.16. The van der Waals surface area contributed by atoms with Gasteiger partial charge in [-0.1, -0.05) is 29.8 Å². The maximum Gasteiger partial charge on any atom is 0.0412 e. The van der Waals surface area contributed by atoms with Gasteiger partial charge in [-0.05, 0) is 57.4 Å². The molecule has 0 saturated carbocycles. The number of nitrogens with one attached hydrogen (secondary N) is 1. The minimum Gasteiger partial charge on any atom is -0.371 e. The highest BCUT2D eigenvalue weighted by Crippen LogP contribution is 2.27. The zero-order valence-electron chi connectivity index (χ0n) is 13.8. The van der Waals surface area contributed by atoms with Gasteiger partial charge in [-0.25, -0.2) is 0 Å². The SMILES string of the molecule is CCC(CC)N(C)c1ccc(Br)cc1CNC(C)(C)C. The molecular weight excluding hydrogens is 312 g/mol. The van der Waals surface area contributed by atoms with E-state index in [9.17, 15) is 0 Å². The Hall–Kier alpha value is -0.540. The van der Waals surface area contributed by atoms with E-state index in [0.29, 0.717) is 6.04 Å². The lowest BCUT2D eigenvalue weighted by atomic mass is 10.1. The number of halogens is 1. The largest absolute Gasteiger partial charge is 0.371 e. The van der Waals surface area contributed by atoms with E-state index in [-0.39, 0.29) is 5.54 Å². The minimum atomic E-state index is 0.132. The van der Waals surface area contributed by atoms with Crippen molar-refractivity contribution in [1.29, 1.82) is 0 Å². The third kappa shape index (κ3) is 5.10. The quantitative estimate of drug-likeness (QED) is 0.786. The van der Waals surface area contributed by atoms with E-state index in [1.54, 1.807) is 0 Å². The number of hydrogen-bond acceptors (Lipinski definition) is 2. The van der Waals surface area contributed by atoms with Gasteiger partial charge >= 0.3 is 0 Å². The Kier molecular flexibility index (Phi) is 6.53. The number of rotatable bonds is 6. The van der Waals surface area contributed by atoms with Crippen LogP contribution in [0, 0.1) is 0 Å². The van der Waals surface area contributed by atoms with E-state index in [4.69, 9.17) is 0 Å². The van der Waals surface area contributed by atoms with Crippen molar-refractivity contribution in [2.24, 2.45) is 0 Å². The molecule has 0 heterocycles. The van der Waals surface area contributed by atoms with Gasteiger partial charge in [0.25, 0.3) is 0 Å². The molecular formula is C17H29BrN2. The first-order chi connectivity index (χ1) is 9.28. The van der Waals surface area contributed by atoms with E-state index in [1.807, 2.05) is 0 Å². The first-order valence-electron chi connectivity index (χ1n) is 7.54. The lowest BCUT2D eigenvalue weighted by Gasteiger charge is -2.31. The second kappa shape index (κ2) is 7.46. The van der Waals surface area contributed by atoms with Crippen molar-refractivity contribution >= 4 is 21.6 Å². The van der Waals surface area contributed by atoms with Crippen LogP contribution in [0.3, 0.4) is 0 Å². The van der Waals surface area contributed by atoms with Crippen LogP contribution >= 0.6 is 15.9 Å². The lowest BCUT2D eigenvalue weighted by molar-refractivity contribution is 0.424. The van der Waals surface area contributed by atoms with Crippen molar-refractivity contribution in [2.75, 3.05) is 11.9 Å². The first kappa shape index (κ1) is 17.5. The molecule has 1 N–H and O–H groups in total. The molecule has 0 aliphatic rings. The second-order valence-corrected chi connectivity index (χ2v) is 7.37. The first-order valence-corrected chi connectivity index (χ1v) is 8.34. The molecule has 0 radical (unpaired) electrons. The maximum absolute atomic E-state index is 3.59. The molecule has 2 nitrogen and oxygen atoms in total. The normalized spacial score (nSPS) is 12.0. The van der Waals surface area contributed by atoms with Crippen molar-refractivity contribution < 1.29 is 0 Å². The fourth-order valence-corrected chi connectivity index (χ4v) is 2.84. The van der Waals surface area contributed by atoms with Gasteiger partial charge in [-0.15, -0.1) is 0 Å². The van der Waals surface area contributed by atoms with Gasteiger partial charge in [-0.2, -0.15) is 0 Å². The Balaban J connectivity index is 3.00. The molecule has 114 valence electrons. The predicted octanol–water partition coefficient (Wildman–Crippen LogP) is 4.96. The molecule has 1 rings (SSSR count). The highest BCUT2D eigenvalue weighted by atomic mass is 79.9. The lowest BCUT2D eigenvalue weighted by Crippen LogP contribution is -2.36. The summed E-state index contributed by atoms with van der Waals surface area (Å²) < 4.78 is 1.14. The topological polar surface area (TPSA) is 15.3 Å². The molecule has 0 bridgehead atoms. The van der Waals surface area contributed by atoms with Crippen LogP contribution in [-0.2, 0) is 6.54 Å². The number of anilines is 1. The Bertz CT molecular complexity index is 419. The van der Waals surface area contributed by atoms with E-state index >= 15 is 0 Å². The summed E-state index contributed by atoms with van der Waals surface area (Å²) in [7, 11) is 2.21. The van der Waals surface area contributed by atoms with Crippen LogP contribution in [0.4, 0.5) is 5.69 Å². The van der Waals surface area contributed by atoms with Crippen LogP contribution in [-0.4, -0.2) is 18.6 Å². The molecule has 0 spiro atoms. The van der Waals surface area contributed by atoms with Crippen LogP contribution in [0.2, 0.25) is 0 Å². The second-order valence-electron chi connectivity index (χ2n) is 6.46. The Labute approximate surface area is 133 Å². The molecule has 0 fully saturated rings. The zero-order valence-corrected chi connectivity index (χ0v) is 15.3. The summed E-state index contributed by atoms with van der Waals surface area (Å²) in [5, 5.41) is 3.59. The summed E-state index contributed by atoms with van der Waals surface area (Å²) >= 11 is 3.59. The number of nitrogens with zero attached hydrogens (tertiary/aromatic N) is 1. The standard InChI is InChI=1S/C17H29BrN2/c1-7-15(8-2)20(6)16-10-9-14(18)11-13(16)12-19-17(3,4)5/h9-11,15,19H,7-8,12H2,1-6H3. The summed E-state index contributed by atoms with van der Waals surface area (Å²) in [4.78, 5) is 2.42. The van der Waals surface area contributed by atoms with Crippen molar-refractivity contribution in [3.8, 4) is 0 Å². The number of hydrogen-bond donors (Lipinski definition) is 1. The molecule has 0 aromatic heterocycles. The summed E-state index contributed by atoms with van der Waals surface area (Å²) in [5.74, 6) is 0. The molecule has 0 aliphatic carbocycles.